The van der Waals surface area contributed by atoms with Crippen molar-refractivity contribution in [3.05, 3.63) is 24.3 Å². The van der Waals surface area contributed by atoms with Crippen molar-refractivity contribution in [3.63, 3.8) is 0 Å². The minimum atomic E-state index is -3.43. The van der Waals surface area contributed by atoms with Gasteiger partial charge in [-0.05, 0) is 42.5 Å². The summed E-state index contributed by atoms with van der Waals surface area (Å²) in [5, 5.41) is 8.70. The lowest BCUT2D eigenvalue weighted by atomic mass is 9.90. The van der Waals surface area contributed by atoms with Crippen LogP contribution in [0.2, 0.25) is 0 Å². The van der Waals surface area contributed by atoms with Crippen LogP contribution in [0.25, 0.3) is 0 Å². The zero-order chi connectivity index (χ0) is 15.5. The molecule has 0 bridgehead atoms. The van der Waals surface area contributed by atoms with E-state index in [1.807, 2.05) is 0 Å². The van der Waals surface area contributed by atoms with Gasteiger partial charge in [0, 0.05) is 13.1 Å². The predicted octanol–water partition coefficient (Wildman–Crippen LogP) is 1.72. The third kappa shape index (κ3) is 3.75. The molecule has 1 aromatic carbocycles. The first-order chi connectivity index (χ1) is 9.95. The van der Waals surface area contributed by atoms with Crippen LogP contribution in [0.1, 0.15) is 20.3 Å². The lowest BCUT2D eigenvalue weighted by molar-refractivity contribution is 0.201. The number of hydrogen-bond acceptors (Lipinski definition) is 4. The van der Waals surface area contributed by atoms with E-state index in [9.17, 15) is 8.42 Å². The van der Waals surface area contributed by atoms with Crippen LogP contribution < -0.4 is 4.74 Å². The maximum absolute atomic E-state index is 12.6. The van der Waals surface area contributed by atoms with Crippen molar-refractivity contribution in [2.24, 2.45) is 11.8 Å². The van der Waals surface area contributed by atoms with Gasteiger partial charge in [-0.25, -0.2) is 8.42 Å². The minimum absolute atomic E-state index is 0.0656. The summed E-state index contributed by atoms with van der Waals surface area (Å²) in [4.78, 5) is 0.292. The zero-order valence-corrected chi connectivity index (χ0v) is 13.3. The summed E-state index contributed by atoms with van der Waals surface area (Å²) in [5.74, 6) is 1.50. The molecule has 1 heterocycles. The van der Waals surface area contributed by atoms with Crippen LogP contribution in [0.3, 0.4) is 0 Å². The van der Waals surface area contributed by atoms with Crippen LogP contribution in [-0.2, 0) is 10.0 Å². The van der Waals surface area contributed by atoms with Gasteiger partial charge in [-0.2, -0.15) is 4.31 Å². The quantitative estimate of drug-likeness (QED) is 0.899. The molecule has 5 nitrogen and oxygen atoms in total. The number of sulfonamides is 1. The van der Waals surface area contributed by atoms with Gasteiger partial charge >= 0.3 is 0 Å². The van der Waals surface area contributed by atoms with Crippen molar-refractivity contribution in [2.75, 3.05) is 26.3 Å². The van der Waals surface area contributed by atoms with Crippen LogP contribution in [0.5, 0.6) is 5.75 Å². The van der Waals surface area contributed by atoms with Gasteiger partial charge < -0.3 is 9.84 Å². The van der Waals surface area contributed by atoms with E-state index in [1.165, 1.54) is 0 Å². The summed E-state index contributed by atoms with van der Waals surface area (Å²) in [7, 11) is -3.43. The second kappa shape index (κ2) is 6.77. The van der Waals surface area contributed by atoms with Crippen LogP contribution in [-0.4, -0.2) is 44.1 Å². The molecule has 2 unspecified atom stereocenters. The smallest absolute Gasteiger partial charge is 0.243 e. The number of hydrogen-bond donors (Lipinski definition) is 1. The van der Waals surface area contributed by atoms with Gasteiger partial charge in [0.15, 0.2) is 0 Å². The molecule has 0 amide bonds. The summed E-state index contributed by atoms with van der Waals surface area (Å²) >= 11 is 0. The van der Waals surface area contributed by atoms with Crippen molar-refractivity contribution >= 4 is 10.0 Å². The Kier molecular flexibility index (Phi) is 5.24. The molecule has 1 N–H and O–H groups in total. The Morgan fingerprint density at radius 3 is 2.48 bits per heavy atom. The molecule has 1 saturated heterocycles. The molecule has 0 aliphatic carbocycles. The fraction of sp³-hybridized carbons (Fsp3) is 0.600. The largest absolute Gasteiger partial charge is 0.491 e. The number of rotatable bonds is 5. The topological polar surface area (TPSA) is 66.8 Å². The van der Waals surface area contributed by atoms with E-state index in [0.29, 0.717) is 35.6 Å². The number of aliphatic hydroxyl groups excluding tert-OH is 1. The van der Waals surface area contributed by atoms with E-state index < -0.39 is 10.0 Å². The maximum atomic E-state index is 12.6. The van der Waals surface area contributed by atoms with E-state index in [-0.39, 0.29) is 13.2 Å². The Bertz CT molecular complexity index is 556. The number of piperidine rings is 1. The van der Waals surface area contributed by atoms with E-state index >= 15 is 0 Å². The molecule has 0 spiro atoms. The number of aliphatic hydroxyl groups is 1. The molecule has 6 heteroatoms. The molecule has 1 aliphatic heterocycles. The van der Waals surface area contributed by atoms with E-state index in [1.54, 1.807) is 28.6 Å². The second-order valence-electron chi connectivity index (χ2n) is 5.65. The Morgan fingerprint density at radius 2 is 1.90 bits per heavy atom. The van der Waals surface area contributed by atoms with Gasteiger partial charge in [-0.1, -0.05) is 13.8 Å². The maximum Gasteiger partial charge on any atom is 0.243 e. The standard InChI is InChI=1S/C15H23NO4S/c1-12-7-8-16(11-13(12)2)21(18,19)15-5-3-14(4-6-15)20-10-9-17/h3-6,12-13,17H,7-11H2,1-2H3. The highest BCUT2D eigenvalue weighted by Crippen LogP contribution is 2.27. The lowest BCUT2D eigenvalue weighted by Crippen LogP contribution is -2.42. The fourth-order valence-electron chi connectivity index (χ4n) is 2.46. The average Bonchev–Trinajstić information content (AvgIpc) is 2.48. The Balaban J connectivity index is 2.12. The van der Waals surface area contributed by atoms with Crippen molar-refractivity contribution in [3.8, 4) is 5.75 Å². The van der Waals surface area contributed by atoms with Gasteiger partial charge in [0.2, 0.25) is 10.0 Å². The normalized spacial score (nSPS) is 24.0. The molecule has 118 valence electrons. The Labute approximate surface area is 126 Å². The van der Waals surface area contributed by atoms with Crippen LogP contribution in [0.4, 0.5) is 0 Å². The van der Waals surface area contributed by atoms with Crippen molar-refractivity contribution in [1.82, 2.24) is 4.31 Å². The molecule has 1 aliphatic rings. The summed E-state index contributed by atoms with van der Waals surface area (Å²) < 4.78 is 32.0. The first kappa shape index (κ1) is 16.3. The summed E-state index contributed by atoms with van der Waals surface area (Å²) in [6, 6.07) is 6.37. The fourth-order valence-corrected chi connectivity index (χ4v) is 4.02. The lowest BCUT2D eigenvalue weighted by Gasteiger charge is -2.34. The third-order valence-electron chi connectivity index (χ3n) is 4.12. The molecule has 1 aromatic rings. The molecule has 1 fully saturated rings. The Morgan fingerprint density at radius 1 is 1.24 bits per heavy atom. The average molecular weight is 313 g/mol. The van der Waals surface area contributed by atoms with Gasteiger partial charge in [0.05, 0.1) is 11.5 Å². The second-order valence-corrected chi connectivity index (χ2v) is 7.59. The molecule has 0 radical (unpaired) electrons. The number of ether oxygens (including phenoxy) is 1. The van der Waals surface area contributed by atoms with Gasteiger partial charge in [0.25, 0.3) is 0 Å². The van der Waals surface area contributed by atoms with Gasteiger partial charge in [0.1, 0.15) is 12.4 Å². The zero-order valence-electron chi connectivity index (χ0n) is 12.5. The molecule has 2 rings (SSSR count). The SMILES string of the molecule is CC1CCN(S(=O)(=O)c2ccc(OCCO)cc2)CC1C. The van der Waals surface area contributed by atoms with E-state index in [2.05, 4.69) is 13.8 Å². The van der Waals surface area contributed by atoms with Gasteiger partial charge in [-0.15, -0.1) is 0 Å². The van der Waals surface area contributed by atoms with Crippen molar-refractivity contribution < 1.29 is 18.3 Å². The van der Waals surface area contributed by atoms with Crippen LogP contribution in [0.15, 0.2) is 29.2 Å². The molecule has 2 atom stereocenters. The molecule has 0 saturated carbocycles. The van der Waals surface area contributed by atoms with Crippen LogP contribution >= 0.6 is 0 Å². The van der Waals surface area contributed by atoms with E-state index in [0.717, 1.165) is 6.42 Å². The molecular formula is C15H23NO4S. The summed E-state index contributed by atoms with van der Waals surface area (Å²) in [6.07, 6.45) is 0.901. The van der Waals surface area contributed by atoms with Gasteiger partial charge in [-0.3, -0.25) is 0 Å². The van der Waals surface area contributed by atoms with Crippen molar-refractivity contribution in [1.29, 1.82) is 0 Å². The van der Waals surface area contributed by atoms with E-state index in [4.69, 9.17) is 9.84 Å². The number of nitrogens with zero attached hydrogens (tertiary/aromatic N) is 1. The first-order valence-electron chi connectivity index (χ1n) is 7.29. The third-order valence-corrected chi connectivity index (χ3v) is 6.00. The monoisotopic (exact) mass is 313 g/mol. The number of benzene rings is 1. The predicted molar refractivity (Wildman–Crippen MR) is 80.7 cm³/mol. The Hall–Kier alpha value is -1.11. The minimum Gasteiger partial charge on any atom is -0.491 e. The van der Waals surface area contributed by atoms with Crippen LogP contribution in [0, 0.1) is 11.8 Å². The summed E-state index contributed by atoms with van der Waals surface area (Å²) in [5.41, 5.74) is 0. The highest BCUT2D eigenvalue weighted by Gasteiger charge is 2.31. The molecule has 0 aromatic heterocycles. The highest BCUT2D eigenvalue weighted by atomic mass is 32.2. The first-order valence-corrected chi connectivity index (χ1v) is 8.73. The molecular weight excluding hydrogens is 290 g/mol. The highest BCUT2D eigenvalue weighted by molar-refractivity contribution is 7.89. The molecule has 21 heavy (non-hydrogen) atoms. The summed E-state index contributed by atoms with van der Waals surface area (Å²) in [6.45, 7) is 5.56. The van der Waals surface area contributed by atoms with Crippen molar-refractivity contribution in [2.45, 2.75) is 25.2 Å².